The van der Waals surface area contributed by atoms with Crippen molar-refractivity contribution in [3.8, 4) is 0 Å². The Morgan fingerprint density at radius 1 is 0.966 bits per heavy atom. The molecule has 0 bridgehead atoms. The van der Waals surface area contributed by atoms with E-state index in [-0.39, 0.29) is 0 Å². The summed E-state index contributed by atoms with van der Waals surface area (Å²) >= 11 is 0. The largest absolute Gasteiger partial charge is 0.478 e. The van der Waals surface area contributed by atoms with Gasteiger partial charge in [-0.2, -0.15) is 0 Å². The van der Waals surface area contributed by atoms with E-state index in [0.717, 1.165) is 28.0 Å². The van der Waals surface area contributed by atoms with E-state index >= 15 is 0 Å². The van der Waals surface area contributed by atoms with Gasteiger partial charge in [0.15, 0.2) is 0 Å². The number of carbonyl (C=O) groups is 1. The monoisotopic (exact) mass is 382 g/mol. The lowest BCUT2D eigenvalue weighted by Gasteiger charge is -2.11. The minimum absolute atomic E-state index is 0.316. The van der Waals surface area contributed by atoms with Gasteiger partial charge in [-0.05, 0) is 60.4 Å². The van der Waals surface area contributed by atoms with Crippen LogP contribution in [0, 0.1) is 13.8 Å². The molecule has 0 aliphatic rings. The Bertz CT molecular complexity index is 1220. The number of rotatable bonds is 5. The fraction of sp³-hybridized carbons (Fsp3) is 0.120. The first-order valence-corrected chi connectivity index (χ1v) is 9.55. The average Bonchev–Trinajstić information content (AvgIpc) is 3.04. The van der Waals surface area contributed by atoms with E-state index in [1.165, 1.54) is 11.1 Å². The van der Waals surface area contributed by atoms with Crippen molar-refractivity contribution in [2.24, 2.45) is 0 Å². The smallest absolute Gasteiger partial charge is 0.336 e. The van der Waals surface area contributed by atoms with Crippen molar-refractivity contribution in [2.75, 3.05) is 0 Å². The molecular formula is C25H22N2O2. The molecule has 0 aliphatic heterocycles. The Labute approximate surface area is 169 Å². The summed E-state index contributed by atoms with van der Waals surface area (Å²) in [6, 6.07) is 21.4. The van der Waals surface area contributed by atoms with Crippen molar-refractivity contribution in [3.05, 3.63) is 100 Å². The first-order valence-electron chi connectivity index (χ1n) is 9.55. The summed E-state index contributed by atoms with van der Waals surface area (Å²) in [5.74, 6) is -0.118. The van der Waals surface area contributed by atoms with Gasteiger partial charge in [-0.25, -0.2) is 9.78 Å². The molecule has 0 radical (unpaired) electrons. The van der Waals surface area contributed by atoms with E-state index in [0.29, 0.717) is 12.1 Å². The molecule has 0 fully saturated rings. The van der Waals surface area contributed by atoms with Gasteiger partial charge < -0.3 is 9.67 Å². The Morgan fingerprint density at radius 3 is 2.41 bits per heavy atom. The van der Waals surface area contributed by atoms with E-state index in [1.807, 2.05) is 54.6 Å². The van der Waals surface area contributed by atoms with Crippen molar-refractivity contribution < 1.29 is 9.90 Å². The summed E-state index contributed by atoms with van der Waals surface area (Å²) in [5.41, 5.74) is 6.44. The fourth-order valence-electron chi connectivity index (χ4n) is 3.46. The van der Waals surface area contributed by atoms with Gasteiger partial charge in [0.25, 0.3) is 0 Å². The molecule has 0 saturated heterocycles. The Hall–Kier alpha value is -3.66. The zero-order valence-electron chi connectivity index (χ0n) is 16.5. The lowest BCUT2D eigenvalue weighted by molar-refractivity contribution is 0.0695. The number of fused-ring (bicyclic) bond motifs is 1. The first-order chi connectivity index (χ1) is 14.0. The van der Waals surface area contributed by atoms with Crippen LogP contribution in [0.4, 0.5) is 0 Å². The van der Waals surface area contributed by atoms with Crippen LogP contribution in [-0.2, 0) is 6.54 Å². The minimum Gasteiger partial charge on any atom is -0.478 e. The Kier molecular flexibility index (Phi) is 5.00. The van der Waals surface area contributed by atoms with Crippen molar-refractivity contribution in [1.29, 1.82) is 0 Å². The average molecular weight is 382 g/mol. The summed E-state index contributed by atoms with van der Waals surface area (Å²) in [7, 11) is 0. The topological polar surface area (TPSA) is 55.1 Å². The third kappa shape index (κ3) is 3.83. The maximum atomic E-state index is 11.7. The number of hydrogen-bond acceptors (Lipinski definition) is 2. The van der Waals surface area contributed by atoms with Crippen molar-refractivity contribution in [1.82, 2.24) is 9.55 Å². The zero-order valence-corrected chi connectivity index (χ0v) is 16.5. The number of benzene rings is 3. The van der Waals surface area contributed by atoms with Crippen LogP contribution in [-0.4, -0.2) is 20.6 Å². The van der Waals surface area contributed by atoms with E-state index in [4.69, 9.17) is 4.98 Å². The second kappa shape index (κ2) is 7.76. The highest BCUT2D eigenvalue weighted by atomic mass is 16.4. The molecule has 4 aromatic rings. The lowest BCUT2D eigenvalue weighted by atomic mass is 10.1. The third-order valence-electron chi connectivity index (χ3n) is 5.19. The minimum atomic E-state index is -0.918. The number of aromatic nitrogens is 2. The molecule has 4 nitrogen and oxygen atoms in total. The molecule has 4 heteroatoms. The zero-order chi connectivity index (χ0) is 20.4. The molecule has 144 valence electrons. The van der Waals surface area contributed by atoms with E-state index in [9.17, 15) is 9.90 Å². The van der Waals surface area contributed by atoms with Gasteiger partial charge in [0.1, 0.15) is 5.82 Å². The SMILES string of the molecule is Cc1cc2nc(/C=C/c3ccccc3)n(Cc3ccccc3C(=O)O)c2cc1C. The highest BCUT2D eigenvalue weighted by Crippen LogP contribution is 2.24. The summed E-state index contributed by atoms with van der Waals surface area (Å²) in [6.07, 6.45) is 4.02. The number of hydrogen-bond donors (Lipinski definition) is 1. The van der Waals surface area contributed by atoms with E-state index in [1.54, 1.807) is 12.1 Å². The fourth-order valence-corrected chi connectivity index (χ4v) is 3.46. The van der Waals surface area contributed by atoms with Gasteiger partial charge in [0.2, 0.25) is 0 Å². The second-order valence-corrected chi connectivity index (χ2v) is 7.19. The first kappa shape index (κ1) is 18.7. The van der Waals surface area contributed by atoms with Crippen LogP contribution in [0.15, 0.2) is 66.7 Å². The molecule has 0 atom stereocenters. The number of aryl methyl sites for hydroxylation is 2. The van der Waals surface area contributed by atoms with Crippen LogP contribution >= 0.6 is 0 Å². The van der Waals surface area contributed by atoms with Crippen LogP contribution < -0.4 is 0 Å². The maximum absolute atomic E-state index is 11.7. The summed E-state index contributed by atoms with van der Waals surface area (Å²) in [5, 5.41) is 9.57. The van der Waals surface area contributed by atoms with E-state index < -0.39 is 5.97 Å². The van der Waals surface area contributed by atoms with Gasteiger partial charge in [0, 0.05) is 0 Å². The lowest BCUT2D eigenvalue weighted by Crippen LogP contribution is -2.08. The standard InChI is InChI=1S/C25H22N2O2/c1-17-14-22-23(15-18(17)2)27(16-20-10-6-7-11-21(20)25(28)29)24(26-22)13-12-19-8-4-3-5-9-19/h3-15H,16H2,1-2H3,(H,28,29)/b13-12+. The molecule has 4 rings (SSSR count). The molecular weight excluding hydrogens is 360 g/mol. The third-order valence-corrected chi connectivity index (χ3v) is 5.19. The van der Waals surface area contributed by atoms with Crippen LogP contribution in [0.1, 0.15) is 38.4 Å². The number of nitrogens with zero attached hydrogens (tertiary/aromatic N) is 2. The normalized spacial score (nSPS) is 11.4. The number of carboxylic acid groups (broad SMARTS) is 1. The Morgan fingerprint density at radius 2 is 1.66 bits per heavy atom. The van der Waals surface area contributed by atoms with Crippen molar-refractivity contribution >= 4 is 29.2 Å². The van der Waals surface area contributed by atoms with Gasteiger partial charge in [-0.3, -0.25) is 0 Å². The van der Waals surface area contributed by atoms with Crippen LogP contribution in [0.5, 0.6) is 0 Å². The van der Waals surface area contributed by atoms with Crippen molar-refractivity contribution in [3.63, 3.8) is 0 Å². The van der Waals surface area contributed by atoms with Gasteiger partial charge in [-0.15, -0.1) is 0 Å². The van der Waals surface area contributed by atoms with E-state index in [2.05, 4.69) is 30.5 Å². The van der Waals surface area contributed by atoms with Gasteiger partial charge in [-0.1, -0.05) is 54.6 Å². The van der Waals surface area contributed by atoms with Crippen LogP contribution in [0.3, 0.4) is 0 Å². The maximum Gasteiger partial charge on any atom is 0.336 e. The molecule has 3 aromatic carbocycles. The molecule has 0 amide bonds. The summed E-state index contributed by atoms with van der Waals surface area (Å²) in [4.78, 5) is 16.5. The highest BCUT2D eigenvalue weighted by Gasteiger charge is 2.14. The molecule has 0 saturated carbocycles. The predicted octanol–water partition coefficient (Wildman–Crippen LogP) is 5.57. The van der Waals surface area contributed by atoms with Gasteiger partial charge >= 0.3 is 5.97 Å². The number of imidazole rings is 1. The summed E-state index contributed by atoms with van der Waals surface area (Å²) < 4.78 is 2.09. The van der Waals surface area contributed by atoms with Crippen LogP contribution in [0.25, 0.3) is 23.2 Å². The molecule has 1 N–H and O–H groups in total. The number of carboxylic acids is 1. The Balaban J connectivity index is 1.85. The second-order valence-electron chi connectivity index (χ2n) is 7.19. The quantitative estimate of drug-likeness (QED) is 0.491. The molecule has 0 aliphatic carbocycles. The molecule has 1 heterocycles. The van der Waals surface area contributed by atoms with Gasteiger partial charge in [0.05, 0.1) is 23.1 Å². The summed E-state index contributed by atoms with van der Waals surface area (Å²) in [6.45, 7) is 4.60. The molecule has 0 spiro atoms. The predicted molar refractivity (Wildman–Crippen MR) is 117 cm³/mol. The highest BCUT2D eigenvalue weighted by molar-refractivity contribution is 5.89. The molecule has 0 unspecified atom stereocenters. The van der Waals surface area contributed by atoms with Crippen molar-refractivity contribution in [2.45, 2.75) is 20.4 Å². The van der Waals surface area contributed by atoms with Crippen LogP contribution in [0.2, 0.25) is 0 Å². The molecule has 1 aromatic heterocycles. The number of aromatic carboxylic acids is 1. The molecule has 29 heavy (non-hydrogen) atoms.